The summed E-state index contributed by atoms with van der Waals surface area (Å²) < 4.78 is 10.2. The van der Waals surface area contributed by atoms with Crippen LogP contribution in [0, 0.1) is 0 Å². The average Bonchev–Trinajstić information content (AvgIpc) is 3.04. The van der Waals surface area contributed by atoms with Crippen LogP contribution in [-0.2, 0) is 16.0 Å². The van der Waals surface area contributed by atoms with Gasteiger partial charge in [0.15, 0.2) is 0 Å². The molecule has 0 unspecified atom stereocenters. The number of rotatable bonds is 5. The van der Waals surface area contributed by atoms with E-state index in [2.05, 4.69) is 0 Å². The molecule has 0 spiro atoms. The highest BCUT2D eigenvalue weighted by molar-refractivity contribution is 5.77. The third kappa shape index (κ3) is 2.91. The summed E-state index contributed by atoms with van der Waals surface area (Å²) in [6, 6.07) is 1.76. The van der Waals surface area contributed by atoms with E-state index >= 15 is 0 Å². The van der Waals surface area contributed by atoms with Crippen LogP contribution in [0.2, 0.25) is 0 Å². The number of hydrogen-bond donors (Lipinski definition) is 1. The molecule has 0 aliphatic carbocycles. The molecule has 0 saturated carbocycles. The molecule has 1 aliphatic rings. The zero-order valence-electron chi connectivity index (χ0n) is 10.5. The standard InChI is InChI=1S/C13H19NO4/c1-17-12-6-11(8-15)14(7-12)13(16)3-2-10-4-5-18-9-10/h4-5,9,11-12,15H,2-3,6-8H2,1H3/t11-,12+/m0/s1. The number of aliphatic hydroxyl groups excluding tert-OH is 1. The van der Waals surface area contributed by atoms with E-state index in [0.29, 0.717) is 25.8 Å². The number of carbonyl (C=O) groups excluding carboxylic acids is 1. The fourth-order valence-corrected chi connectivity index (χ4v) is 2.35. The summed E-state index contributed by atoms with van der Waals surface area (Å²) in [6.07, 6.45) is 5.12. The van der Waals surface area contributed by atoms with Gasteiger partial charge in [0.05, 0.1) is 31.3 Å². The highest BCUT2D eigenvalue weighted by Gasteiger charge is 2.34. The van der Waals surface area contributed by atoms with Gasteiger partial charge in [0, 0.05) is 20.1 Å². The van der Waals surface area contributed by atoms with Gasteiger partial charge in [-0.05, 0) is 24.5 Å². The first-order valence-electron chi connectivity index (χ1n) is 6.18. The van der Waals surface area contributed by atoms with Crippen molar-refractivity contribution < 1.29 is 19.1 Å². The Morgan fingerprint density at radius 3 is 3.11 bits per heavy atom. The number of ether oxygens (including phenoxy) is 1. The van der Waals surface area contributed by atoms with Gasteiger partial charge in [0.1, 0.15) is 0 Å². The molecule has 1 aromatic heterocycles. The first-order chi connectivity index (χ1) is 8.74. The van der Waals surface area contributed by atoms with Crippen molar-refractivity contribution in [2.24, 2.45) is 0 Å². The lowest BCUT2D eigenvalue weighted by Gasteiger charge is -2.22. The fourth-order valence-electron chi connectivity index (χ4n) is 2.35. The van der Waals surface area contributed by atoms with Gasteiger partial charge in [-0.3, -0.25) is 4.79 Å². The number of hydrogen-bond acceptors (Lipinski definition) is 4. The number of nitrogens with zero attached hydrogens (tertiary/aromatic N) is 1. The van der Waals surface area contributed by atoms with E-state index < -0.39 is 0 Å². The number of aryl methyl sites for hydroxylation is 1. The number of methoxy groups -OCH3 is 1. The van der Waals surface area contributed by atoms with Gasteiger partial charge in [0.25, 0.3) is 0 Å². The molecule has 0 aromatic carbocycles. The van der Waals surface area contributed by atoms with Crippen molar-refractivity contribution in [2.75, 3.05) is 20.3 Å². The van der Waals surface area contributed by atoms with Crippen LogP contribution in [0.15, 0.2) is 23.0 Å². The van der Waals surface area contributed by atoms with Gasteiger partial charge >= 0.3 is 0 Å². The normalized spacial score (nSPS) is 23.6. The summed E-state index contributed by atoms with van der Waals surface area (Å²) in [5, 5.41) is 9.29. The van der Waals surface area contributed by atoms with Crippen molar-refractivity contribution >= 4 is 5.91 Å². The van der Waals surface area contributed by atoms with Crippen molar-refractivity contribution in [3.8, 4) is 0 Å². The Bertz CT molecular complexity index is 376. The van der Waals surface area contributed by atoms with Crippen LogP contribution in [0.1, 0.15) is 18.4 Å². The van der Waals surface area contributed by atoms with Crippen LogP contribution in [-0.4, -0.2) is 48.3 Å². The lowest BCUT2D eigenvalue weighted by atomic mass is 10.1. The third-order valence-electron chi connectivity index (χ3n) is 3.45. The van der Waals surface area contributed by atoms with Crippen molar-refractivity contribution in [2.45, 2.75) is 31.4 Å². The minimum Gasteiger partial charge on any atom is -0.472 e. The molecule has 1 fully saturated rings. The van der Waals surface area contributed by atoms with E-state index in [4.69, 9.17) is 9.15 Å². The maximum absolute atomic E-state index is 12.1. The van der Waals surface area contributed by atoms with Gasteiger partial charge in [-0.2, -0.15) is 0 Å². The Kier molecular flexibility index (Phi) is 4.38. The van der Waals surface area contributed by atoms with E-state index in [0.717, 1.165) is 5.56 Å². The van der Waals surface area contributed by atoms with Gasteiger partial charge in [-0.25, -0.2) is 0 Å². The number of carbonyl (C=O) groups is 1. The van der Waals surface area contributed by atoms with E-state index in [9.17, 15) is 9.90 Å². The lowest BCUT2D eigenvalue weighted by Crippen LogP contribution is -2.38. The predicted molar refractivity (Wildman–Crippen MR) is 65.0 cm³/mol. The molecule has 1 amide bonds. The summed E-state index contributed by atoms with van der Waals surface area (Å²) in [5.74, 6) is 0.0646. The maximum Gasteiger partial charge on any atom is 0.223 e. The highest BCUT2D eigenvalue weighted by Crippen LogP contribution is 2.21. The van der Waals surface area contributed by atoms with Crippen LogP contribution in [0.4, 0.5) is 0 Å². The molecule has 0 bridgehead atoms. The number of aliphatic hydroxyl groups is 1. The Labute approximate surface area is 106 Å². The Hall–Kier alpha value is -1.33. The van der Waals surface area contributed by atoms with Crippen molar-refractivity contribution in [3.63, 3.8) is 0 Å². The van der Waals surface area contributed by atoms with Crippen LogP contribution >= 0.6 is 0 Å². The highest BCUT2D eigenvalue weighted by atomic mass is 16.5. The van der Waals surface area contributed by atoms with Crippen LogP contribution < -0.4 is 0 Å². The Balaban J connectivity index is 1.87. The zero-order valence-corrected chi connectivity index (χ0v) is 10.5. The molecule has 18 heavy (non-hydrogen) atoms. The van der Waals surface area contributed by atoms with Gasteiger partial charge in [-0.15, -0.1) is 0 Å². The summed E-state index contributed by atoms with van der Waals surface area (Å²) in [6.45, 7) is 0.573. The molecule has 1 aliphatic heterocycles. The minimum absolute atomic E-state index is 0.00267. The monoisotopic (exact) mass is 253 g/mol. The molecule has 5 heteroatoms. The SMILES string of the molecule is CO[C@@H]1C[C@@H](CO)N(C(=O)CCc2ccoc2)C1. The zero-order chi connectivity index (χ0) is 13.0. The second-order valence-electron chi connectivity index (χ2n) is 4.61. The molecule has 100 valence electrons. The molecule has 2 atom stereocenters. The third-order valence-corrected chi connectivity index (χ3v) is 3.45. The maximum atomic E-state index is 12.1. The first kappa shape index (κ1) is 13.1. The average molecular weight is 253 g/mol. The topological polar surface area (TPSA) is 62.9 Å². The smallest absolute Gasteiger partial charge is 0.223 e. The molecular formula is C13H19NO4. The summed E-state index contributed by atoms with van der Waals surface area (Å²) >= 11 is 0. The van der Waals surface area contributed by atoms with Crippen LogP contribution in [0.25, 0.3) is 0 Å². The van der Waals surface area contributed by atoms with E-state index in [1.807, 2.05) is 6.07 Å². The van der Waals surface area contributed by atoms with Crippen molar-refractivity contribution in [3.05, 3.63) is 24.2 Å². The summed E-state index contributed by atoms with van der Waals surface area (Å²) in [5.41, 5.74) is 1.02. The van der Waals surface area contributed by atoms with E-state index in [-0.39, 0.29) is 24.7 Å². The largest absolute Gasteiger partial charge is 0.472 e. The van der Waals surface area contributed by atoms with Gasteiger partial charge < -0.3 is 19.2 Å². The van der Waals surface area contributed by atoms with Gasteiger partial charge in [0.2, 0.25) is 5.91 Å². The van der Waals surface area contributed by atoms with Gasteiger partial charge in [-0.1, -0.05) is 0 Å². The second-order valence-corrected chi connectivity index (χ2v) is 4.61. The number of likely N-dealkylation sites (tertiary alicyclic amines) is 1. The molecule has 5 nitrogen and oxygen atoms in total. The Morgan fingerprint density at radius 1 is 1.67 bits per heavy atom. The number of furan rings is 1. The van der Waals surface area contributed by atoms with Crippen LogP contribution in [0.3, 0.4) is 0 Å². The minimum atomic E-state index is -0.105. The molecule has 1 N–H and O–H groups in total. The van der Waals surface area contributed by atoms with Crippen molar-refractivity contribution in [1.82, 2.24) is 4.90 Å². The van der Waals surface area contributed by atoms with Crippen molar-refractivity contribution in [1.29, 1.82) is 0 Å². The second kappa shape index (κ2) is 6.02. The summed E-state index contributed by atoms with van der Waals surface area (Å²) in [4.78, 5) is 13.8. The molecule has 2 rings (SSSR count). The van der Waals surface area contributed by atoms with Crippen LogP contribution in [0.5, 0.6) is 0 Å². The number of amides is 1. The quantitative estimate of drug-likeness (QED) is 0.844. The molecule has 1 aromatic rings. The molecule has 2 heterocycles. The predicted octanol–water partition coefficient (Wildman–Crippen LogP) is 0.820. The molecule has 0 radical (unpaired) electrons. The first-order valence-corrected chi connectivity index (χ1v) is 6.18. The summed E-state index contributed by atoms with van der Waals surface area (Å²) in [7, 11) is 1.64. The molecular weight excluding hydrogens is 234 g/mol. The van der Waals surface area contributed by atoms with E-state index in [1.54, 1.807) is 24.5 Å². The Morgan fingerprint density at radius 2 is 2.50 bits per heavy atom. The van der Waals surface area contributed by atoms with E-state index in [1.165, 1.54) is 0 Å². The fraction of sp³-hybridized carbons (Fsp3) is 0.615. The lowest BCUT2D eigenvalue weighted by molar-refractivity contribution is -0.133. The molecule has 1 saturated heterocycles.